The van der Waals surface area contributed by atoms with Crippen LogP contribution in [-0.4, -0.2) is 119 Å². The van der Waals surface area contributed by atoms with E-state index in [2.05, 4.69) is 0 Å². The van der Waals surface area contributed by atoms with Crippen LogP contribution in [0.3, 0.4) is 0 Å². The summed E-state index contributed by atoms with van der Waals surface area (Å²) in [5.74, 6) is 0. The average molecular weight is 370 g/mol. The van der Waals surface area contributed by atoms with Gasteiger partial charge in [-0.05, 0) is 0 Å². The quantitative estimate of drug-likeness (QED) is 0.269. The first-order chi connectivity index (χ1) is 11.8. The number of hydrogen-bond acceptors (Lipinski definition) is 11. The van der Waals surface area contributed by atoms with Crippen LogP contribution in [0.25, 0.3) is 0 Å². The molecule has 6 N–H and O–H groups in total. The second kappa shape index (κ2) is 8.97. The lowest BCUT2D eigenvalue weighted by Gasteiger charge is -2.45. The minimum atomic E-state index is -1.62. The van der Waals surface area contributed by atoms with E-state index < -0.39 is 68.0 Å². The minimum absolute atomic E-state index is 0.0720. The molecule has 2 saturated heterocycles. The van der Waals surface area contributed by atoms with Gasteiger partial charge in [-0.25, -0.2) is 0 Å². The van der Waals surface area contributed by atoms with Crippen LogP contribution in [-0.2, 0) is 23.7 Å². The third-order valence-corrected chi connectivity index (χ3v) is 4.38. The molecule has 0 aromatic carbocycles. The number of aliphatic hydroxyl groups is 6. The van der Waals surface area contributed by atoms with Gasteiger partial charge in [0, 0.05) is 14.2 Å². The molecular formula is C14H26O11. The van der Waals surface area contributed by atoms with E-state index in [1.165, 1.54) is 14.2 Å². The van der Waals surface area contributed by atoms with Gasteiger partial charge < -0.3 is 54.3 Å². The third-order valence-electron chi connectivity index (χ3n) is 4.38. The summed E-state index contributed by atoms with van der Waals surface area (Å²) in [5, 5.41) is 59.3. The lowest BCUT2D eigenvalue weighted by Crippen LogP contribution is -2.64. The fourth-order valence-electron chi connectivity index (χ4n) is 2.96. The lowest BCUT2D eigenvalue weighted by atomic mass is 9.97. The summed E-state index contributed by atoms with van der Waals surface area (Å²) in [5.41, 5.74) is 0. The van der Waals surface area contributed by atoms with E-state index in [1.807, 2.05) is 0 Å². The van der Waals surface area contributed by atoms with Gasteiger partial charge in [-0.2, -0.15) is 0 Å². The van der Waals surface area contributed by atoms with Crippen LogP contribution in [0.2, 0.25) is 0 Å². The molecule has 0 aliphatic carbocycles. The number of aliphatic hydroxyl groups excluding tert-OH is 6. The maximum atomic E-state index is 10.1. The van der Waals surface area contributed by atoms with Crippen LogP contribution in [0, 0.1) is 0 Å². The highest BCUT2D eigenvalue weighted by molar-refractivity contribution is 4.93. The van der Waals surface area contributed by atoms with Gasteiger partial charge in [0.05, 0.1) is 13.2 Å². The van der Waals surface area contributed by atoms with Gasteiger partial charge in [-0.1, -0.05) is 0 Å². The highest BCUT2D eigenvalue weighted by atomic mass is 16.7. The van der Waals surface area contributed by atoms with E-state index in [4.69, 9.17) is 28.8 Å². The molecule has 25 heavy (non-hydrogen) atoms. The highest BCUT2D eigenvalue weighted by Gasteiger charge is 2.50. The molecule has 0 bridgehead atoms. The number of rotatable bonds is 6. The standard InChI is InChI=1S/C14H26O11/c1-21-4-6-7(16)9(18)10(19)14(24-6)25-12-11(22-2)8(17)5(3-15)23-13(12)20/h5-20H,3-4H2,1-2H3/t5-,6-,7-,8-,9+,10-,11+,12-,13+,14-/m1/s1. The van der Waals surface area contributed by atoms with Gasteiger partial charge in [0.15, 0.2) is 12.6 Å². The number of hydrogen-bond donors (Lipinski definition) is 6. The Morgan fingerprint density at radius 3 is 2.04 bits per heavy atom. The third kappa shape index (κ3) is 4.28. The van der Waals surface area contributed by atoms with Crippen molar-refractivity contribution >= 4 is 0 Å². The SMILES string of the molecule is COC[C@H]1O[C@H](O[C@@H]2[C@@H](OC)[C@H](O)[C@@H](CO)O[C@@H]2O)[C@H](O)[C@@H](O)[C@@H]1O. The van der Waals surface area contributed by atoms with Crippen LogP contribution in [0.5, 0.6) is 0 Å². The first kappa shape index (κ1) is 20.9. The van der Waals surface area contributed by atoms with Gasteiger partial charge in [0.1, 0.15) is 48.8 Å². The summed E-state index contributed by atoms with van der Waals surface area (Å²) in [7, 11) is 2.63. The average Bonchev–Trinajstić information content (AvgIpc) is 2.60. The lowest BCUT2D eigenvalue weighted by molar-refractivity contribution is -0.363. The van der Waals surface area contributed by atoms with Crippen LogP contribution in [0.15, 0.2) is 0 Å². The molecule has 0 radical (unpaired) electrons. The fraction of sp³-hybridized carbons (Fsp3) is 1.00. The van der Waals surface area contributed by atoms with Crippen molar-refractivity contribution in [2.75, 3.05) is 27.4 Å². The van der Waals surface area contributed by atoms with Crippen LogP contribution in [0.1, 0.15) is 0 Å². The first-order valence-electron chi connectivity index (χ1n) is 7.85. The van der Waals surface area contributed by atoms with Crippen molar-refractivity contribution in [3.63, 3.8) is 0 Å². The normalized spacial score (nSPS) is 48.5. The van der Waals surface area contributed by atoms with E-state index in [0.717, 1.165) is 0 Å². The zero-order valence-corrected chi connectivity index (χ0v) is 13.9. The summed E-state index contributed by atoms with van der Waals surface area (Å²) >= 11 is 0. The zero-order chi connectivity index (χ0) is 18.7. The van der Waals surface area contributed by atoms with Gasteiger partial charge >= 0.3 is 0 Å². The van der Waals surface area contributed by atoms with Crippen molar-refractivity contribution in [3.05, 3.63) is 0 Å². The van der Waals surface area contributed by atoms with Crippen LogP contribution < -0.4 is 0 Å². The van der Waals surface area contributed by atoms with Crippen molar-refractivity contribution < 1.29 is 54.3 Å². The largest absolute Gasteiger partial charge is 0.394 e. The van der Waals surface area contributed by atoms with Crippen molar-refractivity contribution in [2.45, 2.75) is 61.4 Å². The van der Waals surface area contributed by atoms with E-state index in [9.17, 15) is 25.5 Å². The van der Waals surface area contributed by atoms with E-state index in [-0.39, 0.29) is 6.61 Å². The van der Waals surface area contributed by atoms with Gasteiger partial charge in [-0.15, -0.1) is 0 Å². The molecule has 2 heterocycles. The molecule has 0 saturated carbocycles. The Bertz CT molecular complexity index is 410. The van der Waals surface area contributed by atoms with Crippen molar-refractivity contribution in [2.24, 2.45) is 0 Å². The summed E-state index contributed by atoms with van der Waals surface area (Å²) in [6, 6.07) is 0. The molecule has 0 spiro atoms. The predicted molar refractivity (Wildman–Crippen MR) is 78.2 cm³/mol. The maximum absolute atomic E-state index is 10.1. The van der Waals surface area contributed by atoms with Gasteiger partial charge in [-0.3, -0.25) is 0 Å². The van der Waals surface area contributed by atoms with Crippen LogP contribution in [0.4, 0.5) is 0 Å². The van der Waals surface area contributed by atoms with E-state index >= 15 is 0 Å². The second-order valence-electron chi connectivity index (χ2n) is 6.01. The molecule has 10 atom stereocenters. The van der Waals surface area contributed by atoms with Crippen molar-refractivity contribution in [1.82, 2.24) is 0 Å². The Balaban J connectivity index is 2.12. The zero-order valence-electron chi connectivity index (χ0n) is 13.9. The number of methoxy groups -OCH3 is 2. The maximum Gasteiger partial charge on any atom is 0.187 e. The predicted octanol–water partition coefficient (Wildman–Crippen LogP) is -4.09. The fourth-order valence-corrected chi connectivity index (χ4v) is 2.96. The molecule has 11 heteroatoms. The van der Waals surface area contributed by atoms with Crippen LogP contribution >= 0.6 is 0 Å². The Morgan fingerprint density at radius 2 is 1.48 bits per heavy atom. The molecule has 11 nitrogen and oxygen atoms in total. The smallest absolute Gasteiger partial charge is 0.187 e. The van der Waals surface area contributed by atoms with Gasteiger partial charge in [0.25, 0.3) is 0 Å². The topological polar surface area (TPSA) is 168 Å². The Kier molecular flexibility index (Phi) is 7.49. The van der Waals surface area contributed by atoms with E-state index in [1.54, 1.807) is 0 Å². The molecule has 0 aromatic heterocycles. The summed E-state index contributed by atoms with van der Waals surface area (Å²) in [4.78, 5) is 0. The Hall–Kier alpha value is -0.440. The number of ether oxygens (including phenoxy) is 5. The Labute approximate surface area is 144 Å². The summed E-state index contributed by atoms with van der Waals surface area (Å²) < 4.78 is 25.9. The molecular weight excluding hydrogens is 344 g/mol. The molecule has 2 rings (SSSR count). The highest BCUT2D eigenvalue weighted by Crippen LogP contribution is 2.29. The molecule has 0 amide bonds. The minimum Gasteiger partial charge on any atom is -0.394 e. The molecule has 2 fully saturated rings. The second-order valence-corrected chi connectivity index (χ2v) is 6.01. The van der Waals surface area contributed by atoms with Crippen molar-refractivity contribution in [1.29, 1.82) is 0 Å². The van der Waals surface area contributed by atoms with Crippen molar-refractivity contribution in [3.8, 4) is 0 Å². The first-order valence-corrected chi connectivity index (χ1v) is 7.85. The molecule has 0 aromatic rings. The molecule has 148 valence electrons. The molecule has 0 unspecified atom stereocenters. The molecule has 2 aliphatic heterocycles. The van der Waals surface area contributed by atoms with E-state index in [0.29, 0.717) is 0 Å². The summed E-state index contributed by atoms with van der Waals surface area (Å²) in [6.07, 6.45) is -13.4. The monoisotopic (exact) mass is 370 g/mol. The summed E-state index contributed by atoms with van der Waals surface area (Å²) in [6.45, 7) is -0.619. The van der Waals surface area contributed by atoms with Gasteiger partial charge in [0.2, 0.25) is 0 Å². The molecule has 2 aliphatic rings. The Morgan fingerprint density at radius 1 is 0.800 bits per heavy atom.